The van der Waals surface area contributed by atoms with E-state index in [1.807, 2.05) is 0 Å². The minimum atomic E-state index is -2.80. The summed E-state index contributed by atoms with van der Waals surface area (Å²) in [6.07, 6.45) is 0. The van der Waals surface area contributed by atoms with Gasteiger partial charge in [-0.25, -0.2) is 19.6 Å². The maximum atomic E-state index is 12.2. The highest BCUT2D eigenvalue weighted by Gasteiger charge is 2.49. The summed E-state index contributed by atoms with van der Waals surface area (Å²) in [5, 5.41) is 2.45. The Labute approximate surface area is 81.9 Å². The fourth-order valence-corrected chi connectivity index (χ4v) is 3.41. The van der Waals surface area contributed by atoms with Gasteiger partial charge in [0.2, 0.25) is 0 Å². The molecule has 7 nitrogen and oxygen atoms in total. The van der Waals surface area contributed by atoms with Gasteiger partial charge in [-0.2, -0.15) is 0 Å². The summed E-state index contributed by atoms with van der Waals surface area (Å²) in [6.45, 7) is 3.12. The Morgan fingerprint density at radius 3 is 2.14 bits per heavy atom. The predicted octanol–water partition coefficient (Wildman–Crippen LogP) is -0.414. The summed E-state index contributed by atoms with van der Waals surface area (Å²) in [6, 6.07) is -0.561. The lowest BCUT2D eigenvalue weighted by molar-refractivity contribution is 0.110. The number of nitrogens with zero attached hydrogens (tertiary/aromatic N) is 2. The third kappa shape index (κ3) is 1.90. The van der Waals surface area contributed by atoms with Gasteiger partial charge in [0.05, 0.1) is 7.11 Å². The van der Waals surface area contributed by atoms with Gasteiger partial charge in [-0.3, -0.25) is 14.5 Å². The lowest BCUT2D eigenvalue weighted by atomic mass is 11.0. The number of carbonyl (C=O) groups excluding carboxylic acids is 1. The summed E-state index contributed by atoms with van der Waals surface area (Å²) in [4.78, 5) is 15.6. The van der Waals surface area contributed by atoms with Gasteiger partial charge in [-0.1, -0.05) is 0 Å². The molecule has 0 atom stereocenters. The van der Waals surface area contributed by atoms with Crippen LogP contribution in [0.15, 0.2) is 0 Å². The molecule has 2 N–H and O–H groups in total. The van der Waals surface area contributed by atoms with Gasteiger partial charge in [0.15, 0.2) is 0 Å². The van der Waals surface area contributed by atoms with Gasteiger partial charge in [0.1, 0.15) is 0 Å². The van der Waals surface area contributed by atoms with Gasteiger partial charge in [-0.15, -0.1) is 0 Å². The van der Waals surface area contributed by atoms with Crippen molar-refractivity contribution in [2.45, 2.75) is 0 Å². The van der Waals surface area contributed by atoms with Gasteiger partial charge in [-0.05, 0) is 0 Å². The average Bonchev–Trinajstić information content (AvgIpc) is 2.98. The Bertz CT molecular complexity index is 273. The zero-order valence-corrected chi connectivity index (χ0v) is 8.79. The van der Waals surface area contributed by atoms with Crippen LogP contribution in [0.25, 0.3) is 0 Å². The Morgan fingerprint density at radius 2 is 1.79 bits per heavy atom. The van der Waals surface area contributed by atoms with Crippen LogP contribution in [0.5, 0.6) is 0 Å². The van der Waals surface area contributed by atoms with E-state index in [-0.39, 0.29) is 0 Å². The molecule has 0 aliphatic carbocycles. The number of hydrogen-bond donors (Lipinski definition) is 2. The van der Waals surface area contributed by atoms with Crippen molar-refractivity contribution in [1.82, 2.24) is 19.9 Å². The zero-order chi connectivity index (χ0) is 10.2. The van der Waals surface area contributed by atoms with Crippen molar-refractivity contribution in [3.8, 4) is 0 Å². The fourth-order valence-electron chi connectivity index (χ4n) is 1.20. The van der Waals surface area contributed by atoms with Crippen molar-refractivity contribution in [2.24, 2.45) is 0 Å². The van der Waals surface area contributed by atoms with Crippen molar-refractivity contribution in [3.05, 3.63) is 0 Å². The van der Waals surface area contributed by atoms with E-state index in [2.05, 4.69) is 15.4 Å². The highest BCUT2D eigenvalue weighted by molar-refractivity contribution is 7.58. The molecule has 2 aliphatic heterocycles. The lowest BCUT2D eigenvalue weighted by Crippen LogP contribution is -2.35. The predicted molar refractivity (Wildman–Crippen MR) is 49.4 cm³/mol. The van der Waals surface area contributed by atoms with Crippen molar-refractivity contribution in [2.75, 3.05) is 33.3 Å². The molecule has 0 radical (unpaired) electrons. The van der Waals surface area contributed by atoms with Gasteiger partial charge in [0, 0.05) is 26.2 Å². The molecule has 14 heavy (non-hydrogen) atoms. The van der Waals surface area contributed by atoms with Crippen LogP contribution in [0, 0.1) is 0 Å². The van der Waals surface area contributed by atoms with E-state index in [1.54, 1.807) is 9.34 Å². The van der Waals surface area contributed by atoms with E-state index < -0.39 is 13.6 Å². The number of hydrogen-bond acceptors (Lipinski definition) is 3. The first-order valence-electron chi connectivity index (χ1n) is 4.39. The zero-order valence-electron chi connectivity index (χ0n) is 7.89. The maximum absolute atomic E-state index is 12.2. The second kappa shape index (κ2) is 3.51. The number of nitrogens with one attached hydrogen (secondary N) is 2. The Morgan fingerprint density at radius 1 is 1.29 bits per heavy atom. The van der Waals surface area contributed by atoms with Crippen LogP contribution in [-0.4, -0.2) is 48.7 Å². The highest BCUT2D eigenvalue weighted by atomic mass is 31.2. The molecule has 2 fully saturated rings. The molecule has 0 bridgehead atoms. The smallest absolute Gasteiger partial charge is 0.276 e. The minimum Gasteiger partial charge on any atom is -0.276 e. The van der Waals surface area contributed by atoms with Crippen LogP contribution in [0.2, 0.25) is 0 Å². The molecule has 2 saturated heterocycles. The summed E-state index contributed by atoms with van der Waals surface area (Å²) in [5.74, 6) is 0. The Balaban J connectivity index is 1.97. The molecule has 80 valence electrons. The first-order valence-corrected chi connectivity index (χ1v) is 6.00. The Hall–Kier alpha value is -0.620. The monoisotopic (exact) mass is 220 g/mol. The normalized spacial score (nSPS) is 21.8. The lowest BCUT2D eigenvalue weighted by Gasteiger charge is -2.20. The Kier molecular flexibility index (Phi) is 2.48. The second-order valence-electron chi connectivity index (χ2n) is 3.20. The standard InChI is InChI=1S/C6H13N4O3P/c1-13-7-6(11)8-14(12,9-2-3-9)10-4-5-10/h2-5H2,1H3,(H2,7,8,11,12). The van der Waals surface area contributed by atoms with Gasteiger partial charge < -0.3 is 0 Å². The van der Waals surface area contributed by atoms with Crippen LogP contribution in [-0.2, 0) is 9.40 Å². The third-order valence-electron chi connectivity index (χ3n) is 2.06. The highest BCUT2D eigenvalue weighted by Crippen LogP contribution is 2.56. The quantitative estimate of drug-likeness (QED) is 0.382. The van der Waals surface area contributed by atoms with E-state index >= 15 is 0 Å². The molecule has 0 aromatic rings. The summed E-state index contributed by atoms with van der Waals surface area (Å²) >= 11 is 0. The number of hydroxylamine groups is 1. The molecular weight excluding hydrogens is 207 g/mol. The first-order chi connectivity index (χ1) is 6.66. The van der Waals surface area contributed by atoms with Crippen LogP contribution < -0.4 is 10.6 Å². The molecule has 0 unspecified atom stereocenters. The van der Waals surface area contributed by atoms with Crippen LogP contribution in [0.3, 0.4) is 0 Å². The number of amides is 2. The SMILES string of the molecule is CONC(=O)NP(=O)(N1CC1)N1CC1. The van der Waals surface area contributed by atoms with E-state index in [9.17, 15) is 9.36 Å². The van der Waals surface area contributed by atoms with Gasteiger partial charge >= 0.3 is 13.6 Å². The van der Waals surface area contributed by atoms with Crippen molar-refractivity contribution < 1.29 is 14.2 Å². The topological polar surface area (TPSA) is 73.5 Å². The summed E-state index contributed by atoms with van der Waals surface area (Å²) in [7, 11) is -1.47. The van der Waals surface area contributed by atoms with Crippen LogP contribution in [0.1, 0.15) is 0 Å². The molecule has 0 spiro atoms. The molecular formula is C6H13N4O3P. The fraction of sp³-hybridized carbons (Fsp3) is 0.833. The minimum absolute atomic E-state index is 0.561. The number of urea groups is 1. The van der Waals surface area contributed by atoms with Crippen molar-refractivity contribution in [1.29, 1.82) is 0 Å². The largest absolute Gasteiger partial charge is 0.346 e. The number of rotatable bonds is 4. The molecule has 2 rings (SSSR count). The van der Waals surface area contributed by atoms with Gasteiger partial charge in [0.25, 0.3) is 0 Å². The van der Waals surface area contributed by atoms with E-state index in [1.165, 1.54) is 7.11 Å². The molecule has 2 heterocycles. The van der Waals surface area contributed by atoms with E-state index in [0.717, 1.165) is 26.2 Å². The summed E-state index contributed by atoms with van der Waals surface area (Å²) in [5.41, 5.74) is 2.09. The first kappa shape index (κ1) is 9.92. The molecule has 0 aromatic carbocycles. The molecule has 2 amide bonds. The molecule has 8 heteroatoms. The van der Waals surface area contributed by atoms with E-state index in [0.29, 0.717) is 0 Å². The summed E-state index contributed by atoms with van der Waals surface area (Å²) < 4.78 is 15.8. The molecule has 0 aromatic heterocycles. The van der Waals surface area contributed by atoms with Crippen molar-refractivity contribution >= 4 is 13.6 Å². The maximum Gasteiger partial charge on any atom is 0.346 e. The second-order valence-corrected chi connectivity index (χ2v) is 5.64. The molecule has 0 saturated carbocycles. The van der Waals surface area contributed by atoms with E-state index in [4.69, 9.17) is 0 Å². The van der Waals surface area contributed by atoms with Crippen LogP contribution in [0.4, 0.5) is 4.79 Å². The third-order valence-corrected chi connectivity index (χ3v) is 4.88. The van der Waals surface area contributed by atoms with Crippen LogP contribution >= 0.6 is 7.59 Å². The average molecular weight is 220 g/mol. The molecule has 2 aliphatic rings. The number of carbonyl (C=O) groups is 1. The van der Waals surface area contributed by atoms with Crippen molar-refractivity contribution in [3.63, 3.8) is 0 Å².